The minimum absolute atomic E-state index is 0.207. The van der Waals surface area contributed by atoms with E-state index in [4.69, 9.17) is 9.47 Å². The van der Waals surface area contributed by atoms with Crippen LogP contribution < -0.4 is 0 Å². The molecule has 4 atom stereocenters. The quantitative estimate of drug-likeness (QED) is 0.557. The molecule has 0 amide bonds. The first-order valence-corrected chi connectivity index (χ1v) is 6.95. The zero-order valence-electron chi connectivity index (χ0n) is 12.7. The molecule has 1 aliphatic rings. The maximum Gasteiger partial charge on any atom is 0.318 e. The molecule has 0 saturated carbocycles. The number of hydrogen-bond donors (Lipinski definition) is 0. The minimum Gasteiger partial charge on any atom is -0.465 e. The van der Waals surface area contributed by atoms with Crippen LogP contribution in [0.2, 0.25) is 0 Å². The number of likely N-dealkylation sites (tertiary alicyclic amines) is 1. The Morgan fingerprint density at radius 1 is 1.00 bits per heavy atom. The van der Waals surface area contributed by atoms with Gasteiger partial charge in [0, 0.05) is 12.1 Å². The monoisotopic (exact) mass is 285 g/mol. The zero-order chi connectivity index (χ0) is 15.4. The summed E-state index contributed by atoms with van der Waals surface area (Å²) in [6, 6.07) is -0.607. The van der Waals surface area contributed by atoms with Crippen LogP contribution in [0.1, 0.15) is 27.7 Å². The van der Waals surface area contributed by atoms with Gasteiger partial charge in [0.15, 0.2) is 5.78 Å². The Balaban J connectivity index is 3.05. The van der Waals surface area contributed by atoms with Crippen molar-refractivity contribution in [3.63, 3.8) is 0 Å². The van der Waals surface area contributed by atoms with Crippen LogP contribution in [-0.4, -0.2) is 55.0 Å². The van der Waals surface area contributed by atoms with E-state index in [1.807, 2.05) is 4.90 Å². The van der Waals surface area contributed by atoms with Crippen molar-refractivity contribution in [2.45, 2.75) is 39.8 Å². The predicted molar refractivity (Wildman–Crippen MR) is 71.9 cm³/mol. The second-order valence-corrected chi connectivity index (χ2v) is 5.01. The third-order valence-electron chi connectivity index (χ3n) is 3.94. The Hall–Kier alpha value is -1.43. The minimum atomic E-state index is -0.939. The van der Waals surface area contributed by atoms with Crippen LogP contribution in [0.3, 0.4) is 0 Å². The number of hydrogen-bond acceptors (Lipinski definition) is 6. The first-order chi connectivity index (χ1) is 9.36. The second-order valence-electron chi connectivity index (χ2n) is 5.01. The molecule has 114 valence electrons. The Bertz CT molecular complexity index is 361. The lowest BCUT2D eigenvalue weighted by Gasteiger charge is -2.42. The predicted octanol–water partition coefficient (Wildman–Crippen LogP) is 0.637. The van der Waals surface area contributed by atoms with Gasteiger partial charge in [-0.1, -0.05) is 0 Å². The molecule has 0 unspecified atom stereocenters. The summed E-state index contributed by atoms with van der Waals surface area (Å²) in [6.45, 7) is 7.36. The Morgan fingerprint density at radius 3 is 1.65 bits per heavy atom. The van der Waals surface area contributed by atoms with E-state index in [1.54, 1.807) is 34.7 Å². The summed E-state index contributed by atoms with van der Waals surface area (Å²) >= 11 is 0. The molecule has 0 aromatic carbocycles. The number of nitrogens with zero attached hydrogens (tertiary/aromatic N) is 1. The van der Waals surface area contributed by atoms with Crippen molar-refractivity contribution >= 4 is 17.7 Å². The third-order valence-corrected chi connectivity index (χ3v) is 3.94. The number of rotatable bonds is 4. The fourth-order valence-corrected chi connectivity index (χ4v) is 2.60. The SMILES string of the molecule is CCOC(=O)[C@@H]1C(=O)[C@H](C(=O)OCC)[C@H](C)N(C)[C@@H]1C. The Kier molecular flexibility index (Phi) is 5.68. The molecule has 6 heteroatoms. The van der Waals surface area contributed by atoms with Gasteiger partial charge >= 0.3 is 11.9 Å². The van der Waals surface area contributed by atoms with E-state index in [-0.39, 0.29) is 25.3 Å². The molecule has 6 nitrogen and oxygen atoms in total. The van der Waals surface area contributed by atoms with Crippen LogP contribution in [0.4, 0.5) is 0 Å². The van der Waals surface area contributed by atoms with Gasteiger partial charge in [-0.05, 0) is 34.7 Å². The standard InChI is InChI=1S/C14H23NO5/c1-6-19-13(17)10-8(3)15(5)9(4)11(12(10)16)14(18)20-7-2/h8-11H,6-7H2,1-5H3/t8-,9+,10+,11-. The molecule has 0 aromatic heterocycles. The smallest absolute Gasteiger partial charge is 0.318 e. The number of piperidine rings is 1. The van der Waals surface area contributed by atoms with Gasteiger partial charge < -0.3 is 9.47 Å². The van der Waals surface area contributed by atoms with Gasteiger partial charge in [-0.2, -0.15) is 0 Å². The van der Waals surface area contributed by atoms with E-state index in [0.717, 1.165) is 0 Å². The fraction of sp³-hybridized carbons (Fsp3) is 0.786. The van der Waals surface area contributed by atoms with Crippen LogP contribution in [0.25, 0.3) is 0 Å². The van der Waals surface area contributed by atoms with Crippen molar-refractivity contribution < 1.29 is 23.9 Å². The molecule has 0 N–H and O–H groups in total. The second kappa shape index (κ2) is 6.83. The van der Waals surface area contributed by atoms with Crippen LogP contribution in [0.5, 0.6) is 0 Å². The van der Waals surface area contributed by atoms with Crippen LogP contribution >= 0.6 is 0 Å². The molecule has 1 fully saturated rings. The van der Waals surface area contributed by atoms with Gasteiger partial charge in [0.25, 0.3) is 0 Å². The van der Waals surface area contributed by atoms with E-state index in [2.05, 4.69) is 0 Å². The number of carbonyl (C=O) groups is 3. The van der Waals surface area contributed by atoms with E-state index in [1.165, 1.54) is 0 Å². The average molecular weight is 285 g/mol. The van der Waals surface area contributed by atoms with Crippen molar-refractivity contribution in [3.05, 3.63) is 0 Å². The van der Waals surface area contributed by atoms with Crippen LogP contribution in [0.15, 0.2) is 0 Å². The van der Waals surface area contributed by atoms with Gasteiger partial charge in [-0.15, -0.1) is 0 Å². The molecule has 20 heavy (non-hydrogen) atoms. The summed E-state index contributed by atoms with van der Waals surface area (Å²) in [5.74, 6) is -3.42. The molecule has 1 heterocycles. The highest BCUT2D eigenvalue weighted by molar-refractivity contribution is 6.10. The highest BCUT2D eigenvalue weighted by Gasteiger charge is 2.51. The molecule has 0 aliphatic carbocycles. The Labute approximate surface area is 119 Å². The van der Waals surface area contributed by atoms with Gasteiger partial charge in [0.1, 0.15) is 11.8 Å². The van der Waals surface area contributed by atoms with Crippen molar-refractivity contribution in [3.8, 4) is 0 Å². The maximum atomic E-state index is 12.5. The highest BCUT2D eigenvalue weighted by Crippen LogP contribution is 2.30. The number of Topliss-reactive ketones (excluding diaryl/α,β-unsaturated/α-hetero) is 1. The molecule has 1 aliphatic heterocycles. The fourth-order valence-electron chi connectivity index (χ4n) is 2.60. The molecule has 0 spiro atoms. The number of ketones is 1. The van der Waals surface area contributed by atoms with Gasteiger partial charge in [0.05, 0.1) is 13.2 Å². The van der Waals surface area contributed by atoms with Crippen LogP contribution in [-0.2, 0) is 23.9 Å². The summed E-state index contributed by atoms with van der Waals surface area (Å²) in [4.78, 5) is 38.3. The van der Waals surface area contributed by atoms with Crippen molar-refractivity contribution in [1.82, 2.24) is 4.90 Å². The Morgan fingerprint density at radius 2 is 1.35 bits per heavy atom. The summed E-state index contributed by atoms with van der Waals surface area (Å²) in [5, 5.41) is 0. The topological polar surface area (TPSA) is 72.9 Å². The lowest BCUT2D eigenvalue weighted by atomic mass is 9.78. The van der Waals surface area contributed by atoms with E-state index in [9.17, 15) is 14.4 Å². The lowest BCUT2D eigenvalue weighted by molar-refractivity contribution is -0.167. The summed E-state index contributed by atoms with van der Waals surface area (Å²) < 4.78 is 9.91. The maximum absolute atomic E-state index is 12.5. The van der Waals surface area contributed by atoms with Crippen molar-refractivity contribution in [2.24, 2.45) is 11.8 Å². The third kappa shape index (κ3) is 3.00. The molecule has 0 aromatic rings. The molecular formula is C14H23NO5. The molecular weight excluding hydrogens is 262 g/mol. The molecule has 0 radical (unpaired) electrons. The number of carbonyl (C=O) groups excluding carboxylic acids is 3. The van der Waals surface area contributed by atoms with Crippen LogP contribution in [0, 0.1) is 11.8 Å². The largest absolute Gasteiger partial charge is 0.465 e. The van der Waals surface area contributed by atoms with Gasteiger partial charge in [0.2, 0.25) is 0 Å². The summed E-state index contributed by atoms with van der Waals surface area (Å²) in [5.41, 5.74) is 0. The summed E-state index contributed by atoms with van der Waals surface area (Å²) in [7, 11) is 1.79. The highest BCUT2D eigenvalue weighted by atomic mass is 16.5. The number of ether oxygens (including phenoxy) is 2. The molecule has 1 saturated heterocycles. The number of esters is 2. The van der Waals surface area contributed by atoms with Gasteiger partial charge in [-0.25, -0.2) is 0 Å². The van der Waals surface area contributed by atoms with E-state index < -0.39 is 29.6 Å². The van der Waals surface area contributed by atoms with E-state index in [0.29, 0.717) is 0 Å². The molecule has 0 bridgehead atoms. The summed E-state index contributed by atoms with van der Waals surface area (Å²) in [6.07, 6.45) is 0. The lowest BCUT2D eigenvalue weighted by Crippen LogP contribution is -2.60. The average Bonchev–Trinajstić information content (AvgIpc) is 2.37. The van der Waals surface area contributed by atoms with E-state index >= 15 is 0 Å². The van der Waals surface area contributed by atoms with Crippen molar-refractivity contribution in [1.29, 1.82) is 0 Å². The van der Waals surface area contributed by atoms with Crippen molar-refractivity contribution in [2.75, 3.05) is 20.3 Å². The first kappa shape index (κ1) is 16.6. The molecule has 1 rings (SSSR count). The first-order valence-electron chi connectivity index (χ1n) is 6.95. The van der Waals surface area contributed by atoms with Gasteiger partial charge in [-0.3, -0.25) is 19.3 Å². The zero-order valence-corrected chi connectivity index (χ0v) is 12.7. The normalized spacial score (nSPS) is 30.9.